The topological polar surface area (TPSA) is 64.3 Å². The maximum atomic E-state index is 5.77. The van der Waals surface area contributed by atoms with E-state index in [1.165, 1.54) is 0 Å². The molecule has 6 nitrogen and oxygen atoms in total. The van der Waals surface area contributed by atoms with E-state index in [1.54, 1.807) is 0 Å². The second kappa shape index (κ2) is 7.41. The summed E-state index contributed by atoms with van der Waals surface area (Å²) in [5.74, 6) is 0.901. The molecule has 4 rings (SSSR count). The van der Waals surface area contributed by atoms with Crippen LogP contribution in [0.2, 0.25) is 0 Å². The van der Waals surface area contributed by atoms with Crippen molar-refractivity contribution in [2.75, 3.05) is 11.9 Å². The summed E-state index contributed by atoms with van der Waals surface area (Å²) in [6.45, 7) is 4.93. The number of ether oxygens (including phenoxy) is 1. The van der Waals surface area contributed by atoms with E-state index in [-0.39, 0.29) is 0 Å². The average Bonchev–Trinajstić information content (AvgIpc) is 3.04. The van der Waals surface area contributed by atoms with Crippen molar-refractivity contribution in [3.05, 3.63) is 42.4 Å². The zero-order chi connectivity index (χ0) is 17.9. The predicted molar refractivity (Wildman–Crippen MR) is 102 cm³/mol. The molecule has 26 heavy (non-hydrogen) atoms. The molecule has 3 aromatic heterocycles. The van der Waals surface area contributed by atoms with Gasteiger partial charge in [0, 0.05) is 36.8 Å². The van der Waals surface area contributed by atoms with Crippen molar-refractivity contribution in [3.8, 4) is 11.3 Å². The molecule has 6 heteroatoms. The zero-order valence-electron chi connectivity index (χ0n) is 15.4. The lowest BCUT2D eigenvalue weighted by Gasteiger charge is -2.29. The van der Waals surface area contributed by atoms with Gasteiger partial charge in [0.1, 0.15) is 5.69 Å². The van der Waals surface area contributed by atoms with Gasteiger partial charge in [0.15, 0.2) is 11.5 Å². The van der Waals surface area contributed by atoms with Gasteiger partial charge in [0.05, 0.1) is 6.10 Å². The number of pyridine rings is 1. The molecular formula is C20H25N5O. The first-order chi connectivity index (χ1) is 12.8. The van der Waals surface area contributed by atoms with Gasteiger partial charge < -0.3 is 10.1 Å². The van der Waals surface area contributed by atoms with Gasteiger partial charge >= 0.3 is 0 Å². The van der Waals surface area contributed by atoms with Gasteiger partial charge in [-0.15, -0.1) is 0 Å². The van der Waals surface area contributed by atoms with E-state index in [1.807, 2.05) is 41.3 Å². The number of nitrogens with zero attached hydrogens (tertiary/aromatic N) is 4. The van der Waals surface area contributed by atoms with Crippen molar-refractivity contribution in [3.63, 3.8) is 0 Å². The first-order valence-corrected chi connectivity index (χ1v) is 9.39. The third-order valence-electron chi connectivity index (χ3n) is 5.08. The molecule has 1 saturated carbocycles. The largest absolute Gasteiger partial charge is 0.379 e. The van der Waals surface area contributed by atoms with Gasteiger partial charge in [-0.2, -0.15) is 5.10 Å². The fraction of sp³-hybridized carbons (Fsp3) is 0.450. The van der Waals surface area contributed by atoms with Crippen molar-refractivity contribution in [2.24, 2.45) is 0 Å². The van der Waals surface area contributed by atoms with E-state index in [4.69, 9.17) is 9.72 Å². The van der Waals surface area contributed by atoms with E-state index in [9.17, 15) is 0 Å². The predicted octanol–water partition coefficient (Wildman–Crippen LogP) is 3.86. The third-order valence-corrected chi connectivity index (χ3v) is 5.08. The molecule has 1 aliphatic rings. The van der Waals surface area contributed by atoms with Crippen molar-refractivity contribution in [2.45, 2.75) is 51.7 Å². The quantitative estimate of drug-likeness (QED) is 0.756. The normalized spacial score (nSPS) is 20.4. The maximum absolute atomic E-state index is 5.77. The number of aromatic nitrogens is 4. The van der Waals surface area contributed by atoms with Crippen molar-refractivity contribution < 1.29 is 4.74 Å². The second-order valence-corrected chi connectivity index (χ2v) is 6.87. The van der Waals surface area contributed by atoms with E-state index < -0.39 is 0 Å². The minimum absolute atomic E-state index is 0.405. The lowest BCUT2D eigenvalue weighted by molar-refractivity contribution is 0.0346. The van der Waals surface area contributed by atoms with Crippen molar-refractivity contribution in [1.82, 2.24) is 19.6 Å². The van der Waals surface area contributed by atoms with Crippen molar-refractivity contribution in [1.29, 1.82) is 0 Å². The van der Waals surface area contributed by atoms with Crippen molar-refractivity contribution >= 4 is 11.5 Å². The van der Waals surface area contributed by atoms with Gasteiger partial charge in [0.2, 0.25) is 0 Å². The van der Waals surface area contributed by atoms with Crippen LogP contribution in [0.25, 0.3) is 16.9 Å². The molecule has 0 atom stereocenters. The molecule has 0 amide bonds. The van der Waals surface area contributed by atoms with Gasteiger partial charge in [-0.25, -0.2) is 9.50 Å². The maximum Gasteiger partial charge on any atom is 0.159 e. The highest BCUT2D eigenvalue weighted by Crippen LogP contribution is 2.31. The number of hydrogen-bond acceptors (Lipinski definition) is 5. The molecule has 1 fully saturated rings. The molecule has 3 heterocycles. The lowest BCUT2D eigenvalue weighted by Crippen LogP contribution is -2.30. The summed E-state index contributed by atoms with van der Waals surface area (Å²) < 4.78 is 7.70. The number of imidazole rings is 1. The number of hydrogen-bond donors (Lipinski definition) is 1. The molecule has 0 spiro atoms. The Morgan fingerprint density at radius 3 is 2.62 bits per heavy atom. The van der Waals surface area contributed by atoms with Gasteiger partial charge in [-0.1, -0.05) is 0 Å². The second-order valence-electron chi connectivity index (χ2n) is 6.87. The number of nitrogens with one attached hydrogen (secondary N) is 1. The first kappa shape index (κ1) is 17.0. The Bertz CT molecular complexity index is 869. The van der Waals surface area contributed by atoms with Gasteiger partial charge in [0.25, 0.3) is 0 Å². The highest BCUT2D eigenvalue weighted by Gasteiger charge is 2.24. The highest BCUT2D eigenvalue weighted by atomic mass is 16.5. The molecule has 0 unspecified atom stereocenters. The van der Waals surface area contributed by atoms with Crippen LogP contribution in [0.3, 0.4) is 0 Å². The Balaban J connectivity index is 1.66. The van der Waals surface area contributed by atoms with Crippen LogP contribution in [0.4, 0.5) is 5.82 Å². The van der Waals surface area contributed by atoms with E-state index in [2.05, 4.69) is 29.2 Å². The summed E-state index contributed by atoms with van der Waals surface area (Å²) in [5, 5.41) is 8.22. The standard InChI is InChI=1S/C20H25N5O/c1-3-26-17-6-4-16(5-7-17)23-19-18(15-9-11-21-12-10-15)25-20(24-19)14(2)8-13-22-25/h8-13,16-17,23H,3-7H2,1-2H3. The van der Waals surface area contributed by atoms with Crippen LogP contribution >= 0.6 is 0 Å². The number of anilines is 1. The summed E-state index contributed by atoms with van der Waals surface area (Å²) in [4.78, 5) is 9.02. The molecule has 0 aromatic carbocycles. The summed E-state index contributed by atoms with van der Waals surface area (Å²) in [5.41, 5.74) is 4.07. The third kappa shape index (κ3) is 3.29. The Morgan fingerprint density at radius 1 is 1.12 bits per heavy atom. The van der Waals surface area contributed by atoms with E-state index >= 15 is 0 Å². The van der Waals surface area contributed by atoms with Gasteiger partial charge in [-0.05, 0) is 63.3 Å². The SMILES string of the molecule is CCOC1CCC(Nc2nc3c(C)ccnn3c2-c2ccncc2)CC1. The Hall–Kier alpha value is -2.47. The fourth-order valence-electron chi connectivity index (χ4n) is 3.74. The Kier molecular flexibility index (Phi) is 4.84. The van der Waals surface area contributed by atoms with Crippen LogP contribution in [0.1, 0.15) is 38.2 Å². The van der Waals surface area contributed by atoms with E-state index in [0.29, 0.717) is 12.1 Å². The highest BCUT2D eigenvalue weighted by molar-refractivity contribution is 5.77. The van der Waals surface area contributed by atoms with Crippen LogP contribution in [-0.2, 0) is 4.74 Å². The monoisotopic (exact) mass is 351 g/mol. The van der Waals surface area contributed by atoms with Crippen LogP contribution < -0.4 is 5.32 Å². The molecule has 3 aromatic rings. The van der Waals surface area contributed by atoms with Crippen LogP contribution in [0.15, 0.2) is 36.8 Å². The summed E-state index contributed by atoms with van der Waals surface area (Å²) in [6.07, 6.45) is 10.2. The summed E-state index contributed by atoms with van der Waals surface area (Å²) in [7, 11) is 0. The molecule has 1 N–H and O–H groups in total. The number of aryl methyl sites for hydroxylation is 1. The molecule has 136 valence electrons. The molecular weight excluding hydrogens is 326 g/mol. The van der Waals surface area contributed by atoms with Gasteiger partial charge in [-0.3, -0.25) is 4.98 Å². The summed E-state index contributed by atoms with van der Waals surface area (Å²) >= 11 is 0. The fourth-order valence-corrected chi connectivity index (χ4v) is 3.74. The summed E-state index contributed by atoms with van der Waals surface area (Å²) in [6, 6.07) is 6.42. The Morgan fingerprint density at radius 2 is 1.88 bits per heavy atom. The lowest BCUT2D eigenvalue weighted by atomic mass is 9.93. The molecule has 1 aliphatic carbocycles. The minimum atomic E-state index is 0.405. The molecule has 0 radical (unpaired) electrons. The average molecular weight is 351 g/mol. The molecule has 0 aliphatic heterocycles. The molecule has 0 bridgehead atoms. The number of rotatable bonds is 5. The van der Waals surface area contributed by atoms with E-state index in [0.717, 1.165) is 60.6 Å². The van der Waals surface area contributed by atoms with Crippen LogP contribution in [-0.4, -0.2) is 38.3 Å². The minimum Gasteiger partial charge on any atom is -0.379 e. The Labute approximate surface area is 153 Å². The number of fused-ring (bicyclic) bond motifs is 1. The first-order valence-electron chi connectivity index (χ1n) is 9.39. The zero-order valence-corrected chi connectivity index (χ0v) is 15.4. The smallest absolute Gasteiger partial charge is 0.159 e. The molecule has 0 saturated heterocycles. The van der Waals surface area contributed by atoms with Crippen LogP contribution in [0.5, 0.6) is 0 Å². The van der Waals surface area contributed by atoms with Crippen LogP contribution in [0, 0.1) is 6.92 Å².